The molecule has 2 aromatic carbocycles. The fraction of sp³-hybridized carbons (Fsp3) is 0.346. The van der Waals surface area contributed by atoms with Gasteiger partial charge in [-0.25, -0.2) is 0 Å². The molecule has 0 atom stereocenters. The van der Waals surface area contributed by atoms with Gasteiger partial charge in [0.15, 0.2) is 6.20 Å². The van der Waals surface area contributed by atoms with E-state index in [1.807, 2.05) is 11.3 Å². The van der Waals surface area contributed by atoms with Crippen LogP contribution in [0.5, 0.6) is 11.5 Å². The summed E-state index contributed by atoms with van der Waals surface area (Å²) in [6.45, 7) is 6.64. The van der Waals surface area contributed by atoms with Crippen LogP contribution in [0.2, 0.25) is 0 Å². The molecule has 2 aliphatic rings. The molecule has 0 N–H and O–H groups in total. The summed E-state index contributed by atoms with van der Waals surface area (Å²) in [5.41, 5.74) is 6.51. The molecule has 6 rings (SSSR count). The van der Waals surface area contributed by atoms with Crippen LogP contribution in [0.4, 0.5) is 0 Å². The van der Waals surface area contributed by atoms with E-state index in [0.29, 0.717) is 0 Å². The van der Waals surface area contributed by atoms with E-state index in [4.69, 9.17) is 4.74 Å². The summed E-state index contributed by atoms with van der Waals surface area (Å²) in [4.78, 5) is 1.54. The molecule has 0 spiro atoms. The van der Waals surface area contributed by atoms with E-state index in [-0.39, 0.29) is 0 Å². The van der Waals surface area contributed by atoms with E-state index in [2.05, 4.69) is 62.8 Å². The van der Waals surface area contributed by atoms with Gasteiger partial charge in [0.25, 0.3) is 5.69 Å². The lowest BCUT2D eigenvalue weighted by Gasteiger charge is -2.22. The van der Waals surface area contributed by atoms with Crippen LogP contribution < -0.4 is 9.30 Å². The van der Waals surface area contributed by atoms with E-state index >= 15 is 0 Å². The van der Waals surface area contributed by atoms with Crippen LogP contribution >= 0.6 is 11.3 Å². The van der Waals surface area contributed by atoms with Crippen molar-refractivity contribution < 1.29 is 9.30 Å². The Balaban J connectivity index is 1.71. The van der Waals surface area contributed by atoms with Crippen molar-refractivity contribution in [3.05, 3.63) is 52.0 Å². The first-order valence-corrected chi connectivity index (χ1v) is 11.5. The highest BCUT2D eigenvalue weighted by atomic mass is 32.1. The lowest BCUT2D eigenvalue weighted by Crippen LogP contribution is -2.32. The van der Waals surface area contributed by atoms with Gasteiger partial charge < -0.3 is 4.74 Å². The maximum atomic E-state index is 6.68. The number of aromatic nitrogens is 1. The normalized spacial score (nSPS) is 15.9. The van der Waals surface area contributed by atoms with Crippen molar-refractivity contribution in [2.75, 3.05) is 0 Å². The van der Waals surface area contributed by atoms with E-state index < -0.39 is 0 Å². The molecule has 0 bridgehead atoms. The molecule has 2 nitrogen and oxygen atoms in total. The molecule has 146 valence electrons. The Morgan fingerprint density at radius 2 is 1.83 bits per heavy atom. The molecule has 3 heterocycles. The summed E-state index contributed by atoms with van der Waals surface area (Å²) in [5, 5.41) is 3.82. The molecule has 0 radical (unpaired) electrons. The molecular weight excluding hydrogens is 374 g/mol. The molecule has 4 aromatic rings. The largest absolute Gasteiger partial charge is 0.449 e. The summed E-state index contributed by atoms with van der Waals surface area (Å²) >= 11 is 1.97. The second-order valence-corrected chi connectivity index (χ2v) is 10.1. The Bertz CT molecular complexity index is 1320. The van der Waals surface area contributed by atoms with Crippen molar-refractivity contribution in [3.63, 3.8) is 0 Å². The quantitative estimate of drug-likeness (QED) is 0.270. The maximum absolute atomic E-state index is 6.68. The molecule has 2 aromatic heterocycles. The number of hydrogen-bond donors (Lipinski definition) is 0. The van der Waals surface area contributed by atoms with Crippen molar-refractivity contribution in [2.45, 2.75) is 52.4 Å². The standard InChI is InChI=1S/C26H26NOS/c1-14-9-18-11-15(2)16(3)23-24(18)20(10-14)28-26-19-12-21(17-7-5-6-8-17)29-22(19)13-27(4)25(23)26/h9-13,17H,5-8H2,1-4H3/q+1. The molecule has 0 unspecified atom stereocenters. The van der Waals surface area contributed by atoms with Gasteiger partial charge in [0.1, 0.15) is 17.5 Å². The summed E-state index contributed by atoms with van der Waals surface area (Å²) in [5.74, 6) is 2.78. The first kappa shape index (κ1) is 17.5. The third kappa shape index (κ3) is 2.43. The second kappa shape index (κ2) is 6.06. The Labute approximate surface area is 175 Å². The summed E-state index contributed by atoms with van der Waals surface area (Å²) in [6, 6.07) is 9.22. The topological polar surface area (TPSA) is 13.1 Å². The van der Waals surface area contributed by atoms with Crippen LogP contribution in [0.15, 0.2) is 30.5 Å². The maximum Gasteiger partial charge on any atom is 0.257 e. The highest BCUT2D eigenvalue weighted by molar-refractivity contribution is 7.19. The van der Waals surface area contributed by atoms with Gasteiger partial charge in [0.05, 0.1) is 5.56 Å². The van der Waals surface area contributed by atoms with Crippen LogP contribution in [0.25, 0.3) is 32.1 Å². The summed E-state index contributed by atoms with van der Waals surface area (Å²) in [7, 11) is 2.17. The lowest BCUT2D eigenvalue weighted by molar-refractivity contribution is -0.659. The first-order valence-electron chi connectivity index (χ1n) is 10.7. The van der Waals surface area contributed by atoms with Gasteiger partial charge >= 0.3 is 0 Å². The number of pyridine rings is 1. The van der Waals surface area contributed by atoms with Gasteiger partial charge in [-0.2, -0.15) is 4.57 Å². The minimum atomic E-state index is 0.735. The van der Waals surface area contributed by atoms with Crippen molar-refractivity contribution in [1.29, 1.82) is 0 Å². The minimum absolute atomic E-state index is 0.735. The molecule has 0 saturated heterocycles. The summed E-state index contributed by atoms with van der Waals surface area (Å²) in [6.07, 6.45) is 7.72. The number of benzene rings is 2. The van der Waals surface area contributed by atoms with Crippen LogP contribution in [-0.2, 0) is 7.05 Å². The van der Waals surface area contributed by atoms with Gasteiger partial charge in [-0.3, -0.25) is 0 Å². The van der Waals surface area contributed by atoms with Crippen LogP contribution in [-0.4, -0.2) is 0 Å². The Hall–Kier alpha value is -2.39. The zero-order chi connectivity index (χ0) is 19.9. The lowest BCUT2D eigenvalue weighted by atomic mass is 9.89. The van der Waals surface area contributed by atoms with Crippen molar-refractivity contribution in [1.82, 2.24) is 0 Å². The van der Waals surface area contributed by atoms with E-state index in [1.54, 1.807) is 0 Å². The Kier molecular flexibility index (Phi) is 3.65. The van der Waals surface area contributed by atoms with Crippen LogP contribution in [0.3, 0.4) is 0 Å². The number of nitrogens with zero attached hydrogens (tertiary/aromatic N) is 1. The van der Waals surface area contributed by atoms with Gasteiger partial charge in [-0.15, -0.1) is 11.3 Å². The predicted molar refractivity (Wildman–Crippen MR) is 121 cm³/mol. The number of thiophene rings is 1. The van der Waals surface area contributed by atoms with Crippen LogP contribution in [0.1, 0.15) is 53.2 Å². The SMILES string of the molecule is Cc1cc2c3c(c(C)c(C)cc3c1)-c1c(c3cc(C4CCCC4)sc3c[n+]1C)O2. The molecule has 1 fully saturated rings. The number of rotatable bonds is 1. The number of fused-ring (bicyclic) bond motifs is 4. The number of ether oxygens (including phenoxy) is 1. The second-order valence-electron chi connectivity index (χ2n) is 8.98. The van der Waals surface area contributed by atoms with E-state index in [9.17, 15) is 0 Å². The molecule has 1 saturated carbocycles. The third-order valence-corrected chi connectivity index (χ3v) is 8.21. The molecule has 1 aliphatic carbocycles. The highest BCUT2D eigenvalue weighted by Crippen LogP contribution is 2.51. The average Bonchev–Trinajstić information content (AvgIpc) is 3.34. The molecule has 3 heteroatoms. The number of aryl methyl sites for hydroxylation is 3. The zero-order valence-electron chi connectivity index (χ0n) is 17.6. The van der Waals surface area contributed by atoms with Crippen molar-refractivity contribution in [2.24, 2.45) is 7.05 Å². The average molecular weight is 401 g/mol. The fourth-order valence-corrected chi connectivity index (χ4v) is 6.71. The van der Waals surface area contributed by atoms with Crippen molar-refractivity contribution in [3.8, 4) is 22.8 Å². The van der Waals surface area contributed by atoms with Gasteiger partial charge in [-0.05, 0) is 73.7 Å². The molecular formula is C26H26NOS+. The van der Waals surface area contributed by atoms with Crippen molar-refractivity contribution >= 4 is 32.2 Å². The van der Waals surface area contributed by atoms with Crippen LogP contribution in [0, 0.1) is 20.8 Å². The predicted octanol–water partition coefficient (Wildman–Crippen LogP) is 7.23. The third-order valence-electron chi connectivity index (χ3n) is 6.98. The fourth-order valence-electron chi connectivity index (χ4n) is 5.41. The number of hydrogen-bond acceptors (Lipinski definition) is 2. The minimum Gasteiger partial charge on any atom is -0.449 e. The van der Waals surface area contributed by atoms with Gasteiger partial charge in [-0.1, -0.05) is 25.0 Å². The van der Waals surface area contributed by atoms with Gasteiger partial charge in [0, 0.05) is 15.6 Å². The molecule has 0 amide bonds. The monoisotopic (exact) mass is 400 g/mol. The van der Waals surface area contributed by atoms with Gasteiger partial charge in [0.2, 0.25) is 5.75 Å². The molecule has 29 heavy (non-hydrogen) atoms. The highest BCUT2D eigenvalue weighted by Gasteiger charge is 2.33. The molecule has 1 aliphatic heterocycles. The Morgan fingerprint density at radius 1 is 1.03 bits per heavy atom. The zero-order valence-corrected chi connectivity index (χ0v) is 18.4. The smallest absolute Gasteiger partial charge is 0.257 e. The first-order chi connectivity index (χ1) is 14.0. The van der Waals surface area contributed by atoms with E-state index in [1.165, 1.54) is 79.4 Å². The summed E-state index contributed by atoms with van der Waals surface area (Å²) < 4.78 is 10.3. The Morgan fingerprint density at radius 3 is 2.62 bits per heavy atom. The van der Waals surface area contributed by atoms with E-state index in [0.717, 1.165) is 17.4 Å².